The van der Waals surface area contributed by atoms with Gasteiger partial charge in [-0.1, -0.05) is 37.6 Å². The average Bonchev–Trinajstić information content (AvgIpc) is 2.30. The van der Waals surface area contributed by atoms with E-state index in [4.69, 9.17) is 16.3 Å². The summed E-state index contributed by atoms with van der Waals surface area (Å²) in [6, 6.07) is 7.05. The van der Waals surface area contributed by atoms with Gasteiger partial charge in [-0.2, -0.15) is 0 Å². The highest BCUT2D eigenvalue weighted by Crippen LogP contribution is 2.29. The molecule has 0 bridgehead atoms. The Morgan fingerprint density at radius 2 is 2.11 bits per heavy atom. The Balaban J connectivity index is 3.12. The molecule has 0 heterocycles. The van der Waals surface area contributed by atoms with Crippen molar-refractivity contribution in [2.24, 2.45) is 5.92 Å². The number of anilines is 1. The first-order valence-corrected chi connectivity index (χ1v) is 6.07. The number of halogens is 1. The predicted octanol–water partition coefficient (Wildman–Crippen LogP) is 2.88. The molecular formula is C13H18ClNO3. The summed E-state index contributed by atoms with van der Waals surface area (Å²) in [7, 11) is 1.48. The Morgan fingerprint density at radius 1 is 1.50 bits per heavy atom. The molecule has 0 fully saturated rings. The largest absolute Gasteiger partial charge is 0.479 e. The smallest absolute Gasteiger partial charge is 0.332 e. The fourth-order valence-corrected chi connectivity index (χ4v) is 1.92. The predicted molar refractivity (Wildman–Crippen MR) is 72.2 cm³/mol. The molecule has 18 heavy (non-hydrogen) atoms. The Hall–Kier alpha value is -1.26. The summed E-state index contributed by atoms with van der Waals surface area (Å²) in [6.45, 7) is 3.72. The van der Waals surface area contributed by atoms with Gasteiger partial charge in [0, 0.05) is 7.11 Å². The van der Waals surface area contributed by atoms with Crippen LogP contribution >= 0.6 is 11.6 Å². The molecular weight excluding hydrogens is 254 g/mol. The van der Waals surface area contributed by atoms with E-state index in [0.717, 1.165) is 0 Å². The summed E-state index contributed by atoms with van der Waals surface area (Å²) in [5.41, 5.74) is -0.605. The van der Waals surface area contributed by atoms with Gasteiger partial charge in [-0.25, -0.2) is 4.79 Å². The van der Waals surface area contributed by atoms with E-state index in [-0.39, 0.29) is 12.5 Å². The lowest BCUT2D eigenvalue weighted by Crippen LogP contribution is -2.54. The van der Waals surface area contributed by atoms with Crippen LogP contribution in [0.25, 0.3) is 0 Å². The highest BCUT2D eigenvalue weighted by atomic mass is 35.5. The molecule has 4 nitrogen and oxygen atoms in total. The molecule has 0 saturated heterocycles. The molecule has 0 amide bonds. The number of methoxy groups -OCH3 is 1. The number of carbonyl (C=O) groups is 1. The lowest BCUT2D eigenvalue weighted by Gasteiger charge is -2.34. The van der Waals surface area contributed by atoms with E-state index in [1.165, 1.54) is 7.11 Å². The first-order chi connectivity index (χ1) is 8.44. The molecule has 1 aromatic rings. The monoisotopic (exact) mass is 271 g/mol. The zero-order valence-electron chi connectivity index (χ0n) is 10.7. The maximum Gasteiger partial charge on any atom is 0.332 e. The number of para-hydroxylation sites is 1. The second kappa shape index (κ2) is 6.07. The van der Waals surface area contributed by atoms with E-state index in [0.29, 0.717) is 10.7 Å². The Morgan fingerprint density at radius 3 is 2.56 bits per heavy atom. The summed E-state index contributed by atoms with van der Waals surface area (Å²) >= 11 is 6.04. The molecule has 0 radical (unpaired) electrons. The van der Waals surface area contributed by atoms with Crippen molar-refractivity contribution in [2.45, 2.75) is 19.4 Å². The molecule has 2 N–H and O–H groups in total. The fraction of sp³-hybridized carbons (Fsp3) is 0.462. The van der Waals surface area contributed by atoms with Crippen LogP contribution in [0.5, 0.6) is 0 Å². The Labute approximate surface area is 112 Å². The van der Waals surface area contributed by atoms with Gasteiger partial charge in [0.15, 0.2) is 5.54 Å². The van der Waals surface area contributed by atoms with Crippen molar-refractivity contribution in [3.8, 4) is 0 Å². The van der Waals surface area contributed by atoms with E-state index in [1.807, 2.05) is 13.8 Å². The van der Waals surface area contributed by atoms with Crippen LogP contribution in [0.3, 0.4) is 0 Å². The lowest BCUT2D eigenvalue weighted by molar-refractivity contribution is -0.146. The topological polar surface area (TPSA) is 58.6 Å². The molecule has 1 unspecified atom stereocenters. The zero-order valence-corrected chi connectivity index (χ0v) is 11.5. The molecule has 0 aromatic heterocycles. The van der Waals surface area contributed by atoms with Crippen molar-refractivity contribution >= 4 is 23.3 Å². The lowest BCUT2D eigenvalue weighted by atomic mass is 9.86. The highest BCUT2D eigenvalue weighted by Gasteiger charge is 2.42. The summed E-state index contributed by atoms with van der Waals surface area (Å²) in [4.78, 5) is 11.6. The summed E-state index contributed by atoms with van der Waals surface area (Å²) in [5, 5.41) is 13.0. The van der Waals surface area contributed by atoms with Crippen molar-refractivity contribution < 1.29 is 14.6 Å². The molecule has 0 aliphatic rings. The van der Waals surface area contributed by atoms with Gasteiger partial charge in [-0.15, -0.1) is 0 Å². The van der Waals surface area contributed by atoms with Crippen LogP contribution in [0, 0.1) is 5.92 Å². The van der Waals surface area contributed by atoms with Crippen molar-refractivity contribution in [2.75, 3.05) is 19.0 Å². The number of carboxylic acid groups (broad SMARTS) is 1. The maximum absolute atomic E-state index is 11.6. The van der Waals surface area contributed by atoms with Crippen LogP contribution in [-0.2, 0) is 9.53 Å². The van der Waals surface area contributed by atoms with Gasteiger partial charge in [0.2, 0.25) is 0 Å². The van der Waals surface area contributed by atoms with Crippen molar-refractivity contribution in [3.05, 3.63) is 29.3 Å². The standard InChI is InChI=1S/C13H18ClNO3/c1-9(2)13(8-18-3,12(16)17)15-11-7-5-4-6-10(11)14/h4-7,9,15H,8H2,1-3H3,(H,16,17). The minimum absolute atomic E-state index is 0.0607. The normalized spacial score (nSPS) is 14.3. The fourth-order valence-electron chi connectivity index (χ4n) is 1.74. The van der Waals surface area contributed by atoms with Crippen LogP contribution in [0.4, 0.5) is 5.69 Å². The van der Waals surface area contributed by atoms with Crippen molar-refractivity contribution in [1.82, 2.24) is 0 Å². The third kappa shape index (κ3) is 2.94. The second-order valence-corrected chi connectivity index (χ2v) is 4.88. The van der Waals surface area contributed by atoms with Crippen LogP contribution in [0.1, 0.15) is 13.8 Å². The summed E-state index contributed by atoms with van der Waals surface area (Å²) in [5.74, 6) is -1.12. The number of ether oxygens (including phenoxy) is 1. The van der Waals surface area contributed by atoms with E-state index in [9.17, 15) is 9.90 Å². The molecule has 0 spiro atoms. The van der Waals surface area contributed by atoms with Crippen LogP contribution in [0.15, 0.2) is 24.3 Å². The number of nitrogens with one attached hydrogen (secondary N) is 1. The Bertz CT molecular complexity index is 422. The molecule has 5 heteroatoms. The maximum atomic E-state index is 11.6. The van der Waals surface area contributed by atoms with Crippen molar-refractivity contribution in [3.63, 3.8) is 0 Å². The minimum Gasteiger partial charge on any atom is -0.479 e. The second-order valence-electron chi connectivity index (χ2n) is 4.47. The van der Waals surface area contributed by atoms with Gasteiger partial charge in [-0.3, -0.25) is 0 Å². The molecule has 0 aliphatic carbocycles. The van der Waals surface area contributed by atoms with E-state index in [1.54, 1.807) is 24.3 Å². The van der Waals surface area contributed by atoms with E-state index >= 15 is 0 Å². The zero-order chi connectivity index (χ0) is 13.8. The number of carboxylic acids is 1. The van der Waals surface area contributed by atoms with Crippen LogP contribution in [0.2, 0.25) is 5.02 Å². The van der Waals surface area contributed by atoms with E-state index < -0.39 is 11.5 Å². The molecule has 1 aromatic carbocycles. The van der Waals surface area contributed by atoms with Gasteiger partial charge in [0.05, 0.1) is 17.3 Å². The van der Waals surface area contributed by atoms with Gasteiger partial charge < -0.3 is 15.2 Å². The molecule has 0 saturated carbocycles. The minimum atomic E-state index is -1.19. The third-order valence-electron chi connectivity index (χ3n) is 2.97. The van der Waals surface area contributed by atoms with Gasteiger partial charge in [-0.05, 0) is 18.1 Å². The van der Waals surface area contributed by atoms with Crippen molar-refractivity contribution in [1.29, 1.82) is 0 Å². The quantitative estimate of drug-likeness (QED) is 0.835. The number of rotatable bonds is 6. The van der Waals surface area contributed by atoms with Crippen LogP contribution in [-0.4, -0.2) is 30.3 Å². The molecule has 1 atom stereocenters. The Kier molecular flexibility index (Phi) is 4.99. The van der Waals surface area contributed by atoms with E-state index in [2.05, 4.69) is 5.32 Å². The number of hydrogen-bond donors (Lipinski definition) is 2. The first-order valence-electron chi connectivity index (χ1n) is 5.69. The summed E-state index contributed by atoms with van der Waals surface area (Å²) < 4.78 is 5.06. The number of hydrogen-bond acceptors (Lipinski definition) is 3. The molecule has 100 valence electrons. The first kappa shape index (κ1) is 14.8. The third-order valence-corrected chi connectivity index (χ3v) is 3.30. The van der Waals surface area contributed by atoms with Gasteiger partial charge in [0.25, 0.3) is 0 Å². The van der Waals surface area contributed by atoms with Gasteiger partial charge in [0.1, 0.15) is 0 Å². The SMILES string of the molecule is COCC(Nc1ccccc1Cl)(C(=O)O)C(C)C. The average molecular weight is 272 g/mol. The highest BCUT2D eigenvalue weighted by molar-refractivity contribution is 6.33. The number of benzene rings is 1. The van der Waals surface area contributed by atoms with Gasteiger partial charge >= 0.3 is 5.97 Å². The molecule has 0 aliphatic heterocycles. The molecule has 1 rings (SSSR count). The number of aliphatic carboxylic acids is 1. The van der Waals surface area contributed by atoms with Crippen LogP contribution < -0.4 is 5.32 Å². The summed E-state index contributed by atoms with van der Waals surface area (Å²) in [6.07, 6.45) is 0.